The molecule has 4 rings (SSSR count). The largest absolute Gasteiger partial charge is 0.491 e. The van der Waals surface area contributed by atoms with Gasteiger partial charge in [0, 0.05) is 24.5 Å². The fourth-order valence-electron chi connectivity index (χ4n) is 8.07. The first kappa shape index (κ1) is 55.8. The van der Waals surface area contributed by atoms with Crippen molar-refractivity contribution in [3.8, 4) is 11.5 Å². The fraction of sp³-hybridized carbons (Fsp3) is 0.720. The lowest BCUT2D eigenvalue weighted by atomic mass is 9.98. The van der Waals surface area contributed by atoms with Gasteiger partial charge in [-0.3, -0.25) is 0 Å². The Kier molecular flexibility index (Phi) is 26.7. The molecule has 10 atom stereocenters. The number of amides is 4. The van der Waals surface area contributed by atoms with Crippen LogP contribution in [0.25, 0.3) is 0 Å². The van der Waals surface area contributed by atoms with Crippen molar-refractivity contribution >= 4 is 23.4 Å². The van der Waals surface area contributed by atoms with Crippen LogP contribution in [0.15, 0.2) is 48.5 Å². The van der Waals surface area contributed by atoms with Gasteiger partial charge in [-0.1, -0.05) is 129 Å². The molecule has 2 aliphatic rings. The van der Waals surface area contributed by atoms with Crippen molar-refractivity contribution in [2.24, 2.45) is 0 Å². The average molecular weight is 947 g/mol. The molecule has 2 heterocycles. The third-order valence-corrected chi connectivity index (χ3v) is 12.3. The standard InChI is InChI=1S/C50H82N4O13/c1-3-5-7-9-11-13-15-17-19-21-31-51-49(61)53-35-23-27-37(28-24-35)63-33-39-41(55)43(57)45(59)47(65-39)67-48-46(60)44(58)42(56)40(66-48)34-64-38-29-25-36(26-30-38)54-50(62)52-32-22-20-18-16-14-12-10-8-6-4-2/h23-30,39-48,55-60H,3-22,31-34H2,1-2H3,(H2,51,53,61)(H2,52,54,62)/t39-,40+,41-,42+,43+,44-,45-,46+,47-,48+. The van der Waals surface area contributed by atoms with Crippen LogP contribution in [-0.4, -0.2) is 130 Å². The number of anilines is 2. The molecule has 0 radical (unpaired) electrons. The quantitative estimate of drug-likeness (QED) is 0.0337. The summed E-state index contributed by atoms with van der Waals surface area (Å²) >= 11 is 0. The van der Waals surface area contributed by atoms with Crippen LogP contribution in [0.4, 0.5) is 21.0 Å². The second-order valence-electron chi connectivity index (χ2n) is 18.0. The summed E-state index contributed by atoms with van der Waals surface area (Å²) in [4.78, 5) is 24.8. The van der Waals surface area contributed by atoms with Crippen LogP contribution in [0.3, 0.4) is 0 Å². The highest BCUT2D eigenvalue weighted by molar-refractivity contribution is 5.89. The number of unbranched alkanes of at least 4 members (excludes halogenated alkanes) is 18. The van der Waals surface area contributed by atoms with Gasteiger partial charge in [0.25, 0.3) is 0 Å². The summed E-state index contributed by atoms with van der Waals surface area (Å²) in [5, 5.41) is 75.7. The Morgan fingerprint density at radius 2 is 0.761 bits per heavy atom. The lowest BCUT2D eigenvalue weighted by Crippen LogP contribution is -2.64. The smallest absolute Gasteiger partial charge is 0.319 e. The number of carbonyl (C=O) groups is 2. The summed E-state index contributed by atoms with van der Waals surface area (Å²) in [5.41, 5.74) is 1.08. The predicted molar refractivity (Wildman–Crippen MR) is 256 cm³/mol. The molecule has 2 fully saturated rings. The maximum atomic E-state index is 12.4. The molecule has 380 valence electrons. The minimum atomic E-state index is -1.80. The Balaban J connectivity index is 1.15. The van der Waals surface area contributed by atoms with E-state index in [1.165, 1.54) is 103 Å². The highest BCUT2D eigenvalue weighted by Gasteiger charge is 2.50. The maximum Gasteiger partial charge on any atom is 0.319 e. The fourth-order valence-corrected chi connectivity index (χ4v) is 8.07. The Hall–Kier alpha value is -3.78. The van der Waals surface area contributed by atoms with E-state index in [9.17, 15) is 40.2 Å². The number of hydrogen-bond donors (Lipinski definition) is 10. The van der Waals surface area contributed by atoms with Crippen LogP contribution in [-0.2, 0) is 14.2 Å². The number of ether oxygens (including phenoxy) is 5. The van der Waals surface area contributed by atoms with Crippen LogP contribution in [0.2, 0.25) is 0 Å². The van der Waals surface area contributed by atoms with E-state index in [0.717, 1.165) is 25.7 Å². The van der Waals surface area contributed by atoms with Gasteiger partial charge >= 0.3 is 12.1 Å². The summed E-state index contributed by atoms with van der Waals surface area (Å²) in [7, 11) is 0. The van der Waals surface area contributed by atoms with Crippen LogP contribution in [0.5, 0.6) is 11.5 Å². The first-order chi connectivity index (χ1) is 32.5. The molecule has 2 aliphatic heterocycles. The molecule has 2 saturated heterocycles. The van der Waals surface area contributed by atoms with Crippen molar-refractivity contribution in [3.05, 3.63) is 48.5 Å². The highest BCUT2D eigenvalue weighted by atomic mass is 16.8. The number of carbonyl (C=O) groups excluding carboxylic acids is 2. The molecule has 2 aromatic rings. The Morgan fingerprint density at radius 1 is 0.448 bits per heavy atom. The second-order valence-corrected chi connectivity index (χ2v) is 18.0. The van der Waals surface area contributed by atoms with Gasteiger partial charge in [0.15, 0.2) is 12.6 Å². The van der Waals surface area contributed by atoms with E-state index in [1.807, 2.05) is 0 Å². The van der Waals surface area contributed by atoms with Gasteiger partial charge in [0.05, 0.1) is 0 Å². The molecule has 2 aromatic carbocycles. The number of hydrogen-bond acceptors (Lipinski definition) is 13. The van der Waals surface area contributed by atoms with Crippen molar-refractivity contribution < 1.29 is 63.9 Å². The Bertz CT molecular complexity index is 1510. The van der Waals surface area contributed by atoms with Crippen LogP contribution in [0, 0.1) is 0 Å². The molecular weight excluding hydrogens is 865 g/mol. The van der Waals surface area contributed by atoms with Crippen molar-refractivity contribution in [1.82, 2.24) is 10.6 Å². The summed E-state index contributed by atoms with van der Waals surface area (Å²) in [5.74, 6) is 0.727. The zero-order valence-corrected chi connectivity index (χ0v) is 39.9. The number of aliphatic hydroxyl groups is 6. The highest BCUT2D eigenvalue weighted by Crippen LogP contribution is 2.30. The topological polar surface area (TPSA) is 250 Å². The molecule has 67 heavy (non-hydrogen) atoms. The first-order valence-corrected chi connectivity index (χ1v) is 25.1. The normalized spacial score (nSPS) is 25.0. The van der Waals surface area contributed by atoms with Crippen LogP contribution >= 0.6 is 0 Å². The molecular formula is C50H82N4O13. The Morgan fingerprint density at radius 3 is 1.09 bits per heavy atom. The molecule has 0 unspecified atom stereocenters. The third-order valence-electron chi connectivity index (χ3n) is 12.3. The lowest BCUT2D eigenvalue weighted by molar-refractivity contribution is -0.375. The summed E-state index contributed by atoms with van der Waals surface area (Å²) in [6.45, 7) is 5.03. The van der Waals surface area contributed by atoms with Gasteiger partial charge in [-0.05, 0) is 61.4 Å². The van der Waals surface area contributed by atoms with Gasteiger partial charge in [0.2, 0.25) is 0 Å². The van der Waals surface area contributed by atoms with E-state index in [-0.39, 0.29) is 25.3 Å². The van der Waals surface area contributed by atoms with E-state index >= 15 is 0 Å². The monoisotopic (exact) mass is 947 g/mol. The molecule has 0 aromatic heterocycles. The van der Waals surface area contributed by atoms with Gasteiger partial charge in [0.1, 0.15) is 73.5 Å². The zero-order chi connectivity index (χ0) is 48.2. The van der Waals surface area contributed by atoms with Gasteiger partial charge in [-0.2, -0.15) is 0 Å². The molecule has 0 bridgehead atoms. The minimum Gasteiger partial charge on any atom is -0.491 e. The lowest BCUT2D eigenvalue weighted by Gasteiger charge is -2.44. The molecule has 4 amide bonds. The van der Waals surface area contributed by atoms with Gasteiger partial charge in [-0.15, -0.1) is 0 Å². The molecule has 0 saturated carbocycles. The SMILES string of the molecule is CCCCCCCCCCCCNC(=O)Nc1ccc(OC[C@@H]2O[C@@H](O[C@H]3O[C@H](COc4ccc(NC(=O)NCCCCCCCCCCCC)cc4)[C@@H](O)[C@H](O)[C@H]3O)[C@@H](O)[C@H](O)[C@H]2O)cc1. The maximum absolute atomic E-state index is 12.4. The van der Waals surface area contributed by atoms with E-state index < -0.39 is 61.4 Å². The van der Waals surface area contributed by atoms with E-state index in [0.29, 0.717) is 36.0 Å². The number of rotatable bonds is 32. The van der Waals surface area contributed by atoms with Crippen molar-refractivity contribution in [3.63, 3.8) is 0 Å². The molecule has 10 N–H and O–H groups in total. The molecule has 0 aliphatic carbocycles. The average Bonchev–Trinajstić information content (AvgIpc) is 3.32. The van der Waals surface area contributed by atoms with E-state index in [2.05, 4.69) is 35.1 Å². The van der Waals surface area contributed by atoms with Gasteiger partial charge in [-0.25, -0.2) is 9.59 Å². The van der Waals surface area contributed by atoms with Crippen molar-refractivity contribution in [2.75, 3.05) is 36.9 Å². The van der Waals surface area contributed by atoms with Gasteiger partial charge < -0.3 is 75.6 Å². The van der Waals surface area contributed by atoms with Crippen molar-refractivity contribution in [1.29, 1.82) is 0 Å². The van der Waals surface area contributed by atoms with E-state index in [1.54, 1.807) is 48.5 Å². The molecule has 17 heteroatoms. The predicted octanol–water partition coefficient (Wildman–Crippen LogP) is 6.86. The molecule has 0 spiro atoms. The summed E-state index contributed by atoms with van der Waals surface area (Å²) in [6, 6.07) is 12.4. The summed E-state index contributed by atoms with van der Waals surface area (Å²) < 4.78 is 28.9. The number of nitrogens with one attached hydrogen (secondary N) is 4. The molecule has 17 nitrogen and oxygen atoms in total. The number of benzene rings is 2. The zero-order valence-electron chi connectivity index (χ0n) is 39.9. The van der Waals surface area contributed by atoms with Crippen LogP contribution < -0.4 is 30.7 Å². The number of urea groups is 2. The number of aliphatic hydroxyl groups excluding tert-OH is 6. The van der Waals surface area contributed by atoms with Crippen LogP contribution in [0.1, 0.15) is 142 Å². The van der Waals surface area contributed by atoms with Crippen molar-refractivity contribution in [2.45, 2.75) is 204 Å². The van der Waals surface area contributed by atoms with E-state index in [4.69, 9.17) is 23.7 Å². The minimum absolute atomic E-state index is 0.290. The third kappa shape index (κ3) is 20.8. The first-order valence-electron chi connectivity index (χ1n) is 25.1. The summed E-state index contributed by atoms with van der Waals surface area (Å²) in [6.07, 6.45) is 8.28. The second kappa shape index (κ2) is 32.1. The Labute approximate surface area is 397 Å².